The summed E-state index contributed by atoms with van der Waals surface area (Å²) >= 11 is 0. The number of nitrogens with two attached hydrogens (primary N) is 1. The van der Waals surface area contributed by atoms with Crippen LogP contribution < -0.4 is 16.0 Å². The molecule has 8 nitrogen and oxygen atoms in total. The summed E-state index contributed by atoms with van der Waals surface area (Å²) < 4.78 is 5.40. The highest BCUT2D eigenvalue weighted by Crippen LogP contribution is 2.38. The van der Waals surface area contributed by atoms with Crippen LogP contribution in [0.2, 0.25) is 0 Å². The number of hydrogen-bond acceptors (Lipinski definition) is 6. The van der Waals surface area contributed by atoms with Crippen molar-refractivity contribution in [2.75, 3.05) is 18.0 Å². The minimum absolute atomic E-state index is 0.00211. The van der Waals surface area contributed by atoms with Crippen molar-refractivity contribution < 1.29 is 14.1 Å². The molecule has 1 aliphatic carbocycles. The van der Waals surface area contributed by atoms with E-state index in [4.69, 9.17) is 10.3 Å². The Labute approximate surface area is 150 Å². The number of rotatable bonds is 4. The Morgan fingerprint density at radius 3 is 2.88 bits per heavy atom. The van der Waals surface area contributed by atoms with E-state index in [1.807, 2.05) is 18.2 Å². The average Bonchev–Trinajstić information content (AvgIpc) is 3.24. The monoisotopic (exact) mass is 355 g/mol. The first-order chi connectivity index (χ1) is 12.5. The number of carbonyl (C=O) groups excluding carboxylic acids is 2. The molecule has 1 aromatic carbocycles. The Bertz CT molecular complexity index is 871. The smallest absolute Gasteiger partial charge is 0.258 e. The molecule has 2 heterocycles. The number of aromatic nitrogens is 2. The number of anilines is 1. The third-order valence-corrected chi connectivity index (χ3v) is 5.13. The molecule has 8 heteroatoms. The Morgan fingerprint density at radius 2 is 2.19 bits per heavy atom. The van der Waals surface area contributed by atoms with Crippen molar-refractivity contribution in [1.29, 1.82) is 0 Å². The lowest BCUT2D eigenvalue weighted by Crippen LogP contribution is -2.44. The quantitative estimate of drug-likeness (QED) is 0.849. The van der Waals surface area contributed by atoms with Gasteiger partial charge in [-0.3, -0.25) is 9.59 Å². The van der Waals surface area contributed by atoms with Crippen LogP contribution in [0.1, 0.15) is 37.6 Å². The van der Waals surface area contributed by atoms with E-state index < -0.39 is 5.54 Å². The van der Waals surface area contributed by atoms with E-state index in [1.165, 1.54) is 6.92 Å². The molecule has 0 saturated heterocycles. The lowest BCUT2D eigenvalue weighted by atomic mass is 9.77. The van der Waals surface area contributed by atoms with Gasteiger partial charge in [0.05, 0.1) is 12.1 Å². The first kappa shape index (κ1) is 16.7. The van der Waals surface area contributed by atoms with Gasteiger partial charge in [0, 0.05) is 24.7 Å². The lowest BCUT2D eigenvalue weighted by molar-refractivity contribution is -0.123. The molecule has 0 spiro atoms. The van der Waals surface area contributed by atoms with Gasteiger partial charge in [0.2, 0.25) is 11.8 Å². The molecule has 136 valence electrons. The zero-order valence-corrected chi connectivity index (χ0v) is 14.6. The highest BCUT2D eigenvalue weighted by molar-refractivity contribution is 5.98. The predicted molar refractivity (Wildman–Crippen MR) is 94.2 cm³/mol. The Balaban J connectivity index is 1.53. The maximum absolute atomic E-state index is 12.3. The van der Waals surface area contributed by atoms with Gasteiger partial charge in [-0.05, 0) is 49.4 Å². The SMILES string of the molecule is CC(=O)NCC(=O)N1CCc2cc(-c3nc(C4(N)CCC4)no3)ccc21. The fourth-order valence-electron chi connectivity index (χ4n) is 3.41. The molecule has 1 aromatic heterocycles. The van der Waals surface area contributed by atoms with Gasteiger partial charge in [0.25, 0.3) is 5.89 Å². The number of nitrogens with zero attached hydrogens (tertiary/aromatic N) is 3. The number of fused-ring (bicyclic) bond motifs is 1. The van der Waals surface area contributed by atoms with Crippen LogP contribution in [0, 0.1) is 0 Å². The van der Waals surface area contributed by atoms with Crippen molar-refractivity contribution in [3.63, 3.8) is 0 Å². The van der Waals surface area contributed by atoms with E-state index in [1.54, 1.807) is 4.90 Å². The summed E-state index contributed by atoms with van der Waals surface area (Å²) in [6, 6.07) is 5.72. The summed E-state index contributed by atoms with van der Waals surface area (Å²) in [5.74, 6) is 0.667. The summed E-state index contributed by atoms with van der Waals surface area (Å²) in [7, 11) is 0. The number of carbonyl (C=O) groups is 2. The van der Waals surface area contributed by atoms with Gasteiger partial charge < -0.3 is 20.5 Å². The second kappa shape index (κ2) is 6.21. The highest BCUT2D eigenvalue weighted by Gasteiger charge is 2.39. The lowest BCUT2D eigenvalue weighted by Gasteiger charge is -2.34. The summed E-state index contributed by atoms with van der Waals surface area (Å²) in [4.78, 5) is 29.4. The molecule has 26 heavy (non-hydrogen) atoms. The fourth-order valence-corrected chi connectivity index (χ4v) is 3.41. The second-order valence-electron chi connectivity index (χ2n) is 6.98. The van der Waals surface area contributed by atoms with Gasteiger partial charge in [0.15, 0.2) is 5.82 Å². The number of benzene rings is 1. The Kier molecular flexibility index (Phi) is 3.99. The Hall–Kier alpha value is -2.74. The van der Waals surface area contributed by atoms with E-state index in [2.05, 4.69) is 15.5 Å². The van der Waals surface area contributed by atoms with Crippen LogP contribution >= 0.6 is 0 Å². The molecule has 2 aromatic rings. The molecule has 2 amide bonds. The highest BCUT2D eigenvalue weighted by atomic mass is 16.5. The molecule has 0 bridgehead atoms. The van der Waals surface area contributed by atoms with Gasteiger partial charge in [-0.25, -0.2) is 0 Å². The van der Waals surface area contributed by atoms with Crippen LogP contribution in [0.15, 0.2) is 22.7 Å². The zero-order chi connectivity index (χ0) is 18.3. The minimum Gasteiger partial charge on any atom is -0.347 e. The maximum atomic E-state index is 12.3. The van der Waals surface area contributed by atoms with Crippen LogP contribution in [-0.2, 0) is 21.5 Å². The van der Waals surface area contributed by atoms with Crippen LogP contribution in [0.25, 0.3) is 11.5 Å². The van der Waals surface area contributed by atoms with Crippen LogP contribution in [0.5, 0.6) is 0 Å². The topological polar surface area (TPSA) is 114 Å². The molecule has 1 fully saturated rings. The average molecular weight is 355 g/mol. The number of hydrogen-bond donors (Lipinski definition) is 2. The van der Waals surface area contributed by atoms with Gasteiger partial charge in [-0.15, -0.1) is 0 Å². The molecule has 0 radical (unpaired) electrons. The third kappa shape index (κ3) is 2.86. The van der Waals surface area contributed by atoms with Crippen molar-refractivity contribution >= 4 is 17.5 Å². The summed E-state index contributed by atoms with van der Waals surface area (Å²) in [6.07, 6.45) is 3.58. The molecular weight excluding hydrogens is 334 g/mol. The normalized spacial score (nSPS) is 17.5. The molecule has 1 aliphatic heterocycles. The van der Waals surface area contributed by atoms with Crippen LogP contribution in [0.3, 0.4) is 0 Å². The first-order valence-corrected chi connectivity index (χ1v) is 8.77. The van der Waals surface area contributed by atoms with Gasteiger partial charge in [-0.1, -0.05) is 5.16 Å². The van der Waals surface area contributed by atoms with Crippen LogP contribution in [0.4, 0.5) is 5.69 Å². The van der Waals surface area contributed by atoms with Gasteiger partial charge in [-0.2, -0.15) is 4.98 Å². The number of nitrogens with one attached hydrogen (secondary N) is 1. The summed E-state index contributed by atoms with van der Waals surface area (Å²) in [6.45, 7) is 1.99. The molecule has 3 N–H and O–H groups in total. The van der Waals surface area contributed by atoms with E-state index in [-0.39, 0.29) is 18.4 Å². The largest absolute Gasteiger partial charge is 0.347 e. The van der Waals surface area contributed by atoms with Gasteiger partial charge in [0.1, 0.15) is 0 Å². The predicted octanol–water partition coefficient (Wildman–Crippen LogP) is 1.10. The first-order valence-electron chi connectivity index (χ1n) is 8.77. The maximum Gasteiger partial charge on any atom is 0.258 e. The van der Waals surface area contributed by atoms with E-state index in [9.17, 15) is 9.59 Å². The molecule has 2 aliphatic rings. The van der Waals surface area contributed by atoms with E-state index in [0.29, 0.717) is 18.3 Å². The molecule has 1 saturated carbocycles. The van der Waals surface area contributed by atoms with Crippen molar-refractivity contribution in [3.8, 4) is 11.5 Å². The molecule has 0 unspecified atom stereocenters. The zero-order valence-electron chi connectivity index (χ0n) is 14.6. The second-order valence-corrected chi connectivity index (χ2v) is 6.98. The molecular formula is C18H21N5O3. The van der Waals surface area contributed by atoms with Crippen molar-refractivity contribution in [2.24, 2.45) is 5.73 Å². The summed E-state index contributed by atoms with van der Waals surface area (Å²) in [5, 5.41) is 6.59. The third-order valence-electron chi connectivity index (χ3n) is 5.13. The van der Waals surface area contributed by atoms with Crippen LogP contribution in [-0.4, -0.2) is 35.0 Å². The van der Waals surface area contributed by atoms with E-state index >= 15 is 0 Å². The number of amides is 2. The fraction of sp³-hybridized carbons (Fsp3) is 0.444. The van der Waals surface area contributed by atoms with Crippen molar-refractivity contribution in [2.45, 2.75) is 38.1 Å². The molecule has 4 rings (SSSR count). The van der Waals surface area contributed by atoms with Crippen molar-refractivity contribution in [3.05, 3.63) is 29.6 Å². The minimum atomic E-state index is -0.453. The van der Waals surface area contributed by atoms with Gasteiger partial charge >= 0.3 is 0 Å². The van der Waals surface area contributed by atoms with Crippen molar-refractivity contribution in [1.82, 2.24) is 15.5 Å². The standard InChI is InChI=1S/C18H21N5O3/c1-11(24)20-10-15(25)23-8-5-12-9-13(3-4-14(12)23)16-21-17(22-26-16)18(19)6-2-7-18/h3-4,9H,2,5-8,10,19H2,1H3,(H,20,24). The molecule has 0 atom stereocenters. The Morgan fingerprint density at radius 1 is 1.38 bits per heavy atom. The summed E-state index contributed by atoms with van der Waals surface area (Å²) in [5.41, 5.74) is 8.52. The van der Waals surface area contributed by atoms with E-state index in [0.717, 1.165) is 42.5 Å².